The molecule has 2 aromatic rings. The lowest BCUT2D eigenvalue weighted by atomic mass is 9.83. The van der Waals surface area contributed by atoms with E-state index in [2.05, 4.69) is 25.3 Å². The number of halogens is 4. The molecule has 2 N–H and O–H groups in total. The second kappa shape index (κ2) is 10.3. The van der Waals surface area contributed by atoms with Gasteiger partial charge in [0, 0.05) is 25.6 Å². The Balaban J connectivity index is 1.83. The molecule has 1 fully saturated rings. The van der Waals surface area contributed by atoms with E-state index < -0.39 is 35.2 Å². The van der Waals surface area contributed by atoms with Crippen molar-refractivity contribution in [1.82, 2.24) is 30.2 Å². The van der Waals surface area contributed by atoms with Crippen molar-refractivity contribution < 1.29 is 27.1 Å². The monoisotopic (exact) mass is 495 g/mol. The first-order valence-electron chi connectivity index (χ1n) is 10.7. The van der Waals surface area contributed by atoms with Crippen LogP contribution in [0.25, 0.3) is 5.57 Å². The van der Waals surface area contributed by atoms with E-state index in [0.29, 0.717) is 6.20 Å². The molecule has 0 saturated carbocycles. The lowest BCUT2D eigenvalue weighted by Crippen LogP contribution is -2.59. The maximum absolute atomic E-state index is 15.1. The number of aromatic nitrogens is 4. The normalized spacial score (nSPS) is 23.1. The molecule has 0 bridgehead atoms. The topological polar surface area (TPSA) is 117 Å². The van der Waals surface area contributed by atoms with Gasteiger partial charge in [-0.3, -0.25) is 10.2 Å². The predicted molar refractivity (Wildman–Crippen MR) is 118 cm³/mol. The fourth-order valence-corrected chi connectivity index (χ4v) is 3.93. The summed E-state index contributed by atoms with van der Waals surface area (Å²) in [5, 5.41) is 11.3. The summed E-state index contributed by atoms with van der Waals surface area (Å²) in [6.07, 6.45) is 1.20. The third-order valence-electron chi connectivity index (χ3n) is 5.46. The van der Waals surface area contributed by atoms with Crippen molar-refractivity contribution in [3.63, 3.8) is 0 Å². The Kier molecular flexibility index (Phi) is 7.66. The molecule has 0 spiro atoms. The Bertz CT molecular complexity index is 1080. The number of piperidine rings is 1. The predicted octanol–water partition coefficient (Wildman–Crippen LogP) is 2.91. The number of rotatable bonds is 7. The third kappa shape index (κ3) is 6.28. The van der Waals surface area contributed by atoms with Crippen molar-refractivity contribution in [2.45, 2.75) is 38.2 Å². The molecule has 3 rings (SSSR count). The van der Waals surface area contributed by atoms with Gasteiger partial charge in [-0.05, 0) is 25.3 Å². The molecule has 13 heteroatoms. The number of hydrogen-bond acceptors (Lipinski definition) is 8. The number of hydrogen-bond donors (Lipinski definition) is 2. The van der Waals surface area contributed by atoms with Gasteiger partial charge in [0.05, 0.1) is 30.6 Å². The number of nitrogens with one attached hydrogen (secondary N) is 2. The highest BCUT2D eigenvalue weighted by atomic mass is 19.4. The molecule has 0 aliphatic carbocycles. The maximum atomic E-state index is 15.1. The quantitative estimate of drug-likeness (QED) is 0.448. The van der Waals surface area contributed by atoms with Crippen molar-refractivity contribution in [3.8, 4) is 5.88 Å². The molecule has 2 unspecified atom stereocenters. The van der Waals surface area contributed by atoms with E-state index in [-0.39, 0.29) is 42.8 Å². The van der Waals surface area contributed by atoms with Gasteiger partial charge in [0.15, 0.2) is 11.5 Å². The summed E-state index contributed by atoms with van der Waals surface area (Å²) in [6, 6.07) is 0.910. The Morgan fingerprint density at radius 2 is 1.97 bits per heavy atom. The summed E-state index contributed by atoms with van der Waals surface area (Å²) in [4.78, 5) is 29.7. The molecule has 188 valence electrons. The first kappa shape index (κ1) is 26.0. The van der Waals surface area contributed by atoms with E-state index in [4.69, 9.17) is 10.1 Å². The smallest absolute Gasteiger partial charge is 0.434 e. The van der Waals surface area contributed by atoms with E-state index in [0.717, 1.165) is 6.20 Å². The molecule has 0 radical (unpaired) electrons. The number of amides is 1. The fourth-order valence-electron chi connectivity index (χ4n) is 3.93. The minimum absolute atomic E-state index is 0.116. The highest BCUT2D eigenvalue weighted by Gasteiger charge is 2.44. The van der Waals surface area contributed by atoms with Crippen LogP contribution in [0.15, 0.2) is 37.1 Å². The largest absolute Gasteiger partial charge is 0.474 e. The maximum Gasteiger partial charge on any atom is 0.434 e. The van der Waals surface area contributed by atoms with Crippen LogP contribution >= 0.6 is 0 Å². The van der Waals surface area contributed by atoms with E-state index in [1.165, 1.54) is 30.4 Å². The highest BCUT2D eigenvalue weighted by molar-refractivity contribution is 6.54. The Morgan fingerprint density at radius 1 is 1.29 bits per heavy atom. The van der Waals surface area contributed by atoms with Crippen molar-refractivity contribution in [1.29, 1.82) is 5.41 Å². The summed E-state index contributed by atoms with van der Waals surface area (Å²) < 4.78 is 58.8. The van der Waals surface area contributed by atoms with Crippen LogP contribution in [-0.4, -0.2) is 68.4 Å². The highest BCUT2D eigenvalue weighted by Crippen LogP contribution is 2.34. The van der Waals surface area contributed by atoms with Gasteiger partial charge < -0.3 is 15.0 Å². The van der Waals surface area contributed by atoms with Crippen molar-refractivity contribution >= 4 is 17.2 Å². The Morgan fingerprint density at radius 3 is 2.54 bits per heavy atom. The summed E-state index contributed by atoms with van der Waals surface area (Å²) in [6.45, 7) is 2.63. The zero-order valence-electron chi connectivity index (χ0n) is 19.3. The molecule has 1 aliphatic heterocycles. The van der Waals surface area contributed by atoms with Crippen LogP contribution in [0.1, 0.15) is 31.8 Å². The van der Waals surface area contributed by atoms with Crippen molar-refractivity contribution in [2.24, 2.45) is 5.92 Å². The first-order chi connectivity index (χ1) is 16.4. The molecular formula is C22H25F4N7O2. The van der Waals surface area contributed by atoms with Crippen molar-refractivity contribution in [3.05, 3.63) is 48.6 Å². The zero-order chi connectivity index (χ0) is 25.8. The molecule has 3 heterocycles. The lowest BCUT2D eigenvalue weighted by molar-refractivity contribution is -0.141. The molecule has 1 aliphatic rings. The van der Waals surface area contributed by atoms with E-state index in [1.54, 1.807) is 20.0 Å². The number of ether oxygens (including phenoxy) is 1. The molecular weight excluding hydrogens is 470 g/mol. The van der Waals surface area contributed by atoms with Crippen LogP contribution in [0.5, 0.6) is 5.88 Å². The third-order valence-corrected chi connectivity index (χ3v) is 5.46. The SMILES string of the molecule is CN/C=C(\C(=N)C(=O)N1CC(C)(F)CC(C)[C@H]1COc1cnc(C(F)(F)F)cn1)c1ncccn1. The molecule has 35 heavy (non-hydrogen) atoms. The first-order valence-corrected chi connectivity index (χ1v) is 10.7. The average Bonchev–Trinajstić information content (AvgIpc) is 2.80. The number of nitrogens with zero attached hydrogens (tertiary/aromatic N) is 5. The van der Waals surface area contributed by atoms with Gasteiger partial charge in [0.2, 0.25) is 5.88 Å². The lowest BCUT2D eigenvalue weighted by Gasteiger charge is -2.45. The van der Waals surface area contributed by atoms with Gasteiger partial charge >= 0.3 is 6.18 Å². The van der Waals surface area contributed by atoms with Crippen LogP contribution in [0.2, 0.25) is 0 Å². The standard InChI is InChI=1S/C22H25F4N7O2/c1-13-7-21(2,23)12-33(15(13)11-35-17-10-31-16(9-32-17)22(24,25)26)20(34)18(27)14(8-28-3)19-29-5-4-6-30-19/h4-6,8-10,13,15,27-28H,7,11-12H2,1-3H3/b14-8+,27-18?/t13?,15-,21?/m1/s1. The van der Waals surface area contributed by atoms with Crippen molar-refractivity contribution in [2.75, 3.05) is 20.2 Å². The summed E-state index contributed by atoms with van der Waals surface area (Å²) in [7, 11) is 1.59. The van der Waals surface area contributed by atoms with Crippen LogP contribution < -0.4 is 10.1 Å². The van der Waals surface area contributed by atoms with Gasteiger partial charge in [-0.1, -0.05) is 6.92 Å². The second-order valence-electron chi connectivity index (χ2n) is 8.44. The van der Waals surface area contributed by atoms with E-state index in [9.17, 15) is 18.0 Å². The summed E-state index contributed by atoms with van der Waals surface area (Å²) in [5.41, 5.74) is -3.21. The summed E-state index contributed by atoms with van der Waals surface area (Å²) in [5.74, 6) is -1.18. The van der Waals surface area contributed by atoms with Gasteiger partial charge in [-0.25, -0.2) is 24.3 Å². The van der Waals surface area contributed by atoms with Gasteiger partial charge in [0.25, 0.3) is 5.91 Å². The number of carbonyl (C=O) groups is 1. The molecule has 0 aromatic carbocycles. The molecule has 1 amide bonds. The number of likely N-dealkylation sites (tertiary alicyclic amines) is 1. The van der Waals surface area contributed by atoms with Gasteiger partial charge in [0.1, 0.15) is 18.0 Å². The van der Waals surface area contributed by atoms with Gasteiger partial charge in [-0.2, -0.15) is 13.2 Å². The van der Waals surface area contributed by atoms with E-state index in [1.807, 2.05) is 0 Å². The molecule has 9 nitrogen and oxygen atoms in total. The molecule has 3 atom stereocenters. The molecule has 2 aromatic heterocycles. The second-order valence-corrected chi connectivity index (χ2v) is 8.44. The summed E-state index contributed by atoms with van der Waals surface area (Å²) >= 11 is 0. The van der Waals surface area contributed by atoms with Gasteiger partial charge in [-0.15, -0.1) is 0 Å². The average molecular weight is 495 g/mol. The number of carbonyl (C=O) groups excluding carboxylic acids is 1. The van der Waals surface area contributed by atoms with Crippen LogP contribution in [0.4, 0.5) is 17.6 Å². The minimum Gasteiger partial charge on any atom is -0.474 e. The Labute approximate surface area is 199 Å². The fraction of sp³-hybridized carbons (Fsp3) is 0.455. The number of alkyl halides is 4. The van der Waals surface area contributed by atoms with Crippen LogP contribution in [0, 0.1) is 11.3 Å². The van der Waals surface area contributed by atoms with E-state index >= 15 is 4.39 Å². The minimum atomic E-state index is -4.64. The Hall–Kier alpha value is -3.64. The molecule has 1 saturated heterocycles. The van der Waals surface area contributed by atoms with Crippen LogP contribution in [0.3, 0.4) is 0 Å². The van der Waals surface area contributed by atoms with Crippen LogP contribution in [-0.2, 0) is 11.0 Å². The zero-order valence-corrected chi connectivity index (χ0v) is 19.3.